The van der Waals surface area contributed by atoms with Crippen LogP contribution in [0.4, 0.5) is 0 Å². The first-order valence-electron chi connectivity index (χ1n) is 5.35. The van der Waals surface area contributed by atoms with Gasteiger partial charge in [0.05, 0.1) is 6.54 Å². The minimum Gasteiger partial charge on any atom is -0.479 e. The van der Waals surface area contributed by atoms with Gasteiger partial charge in [-0.1, -0.05) is 6.07 Å². The molecule has 2 N–H and O–H groups in total. The van der Waals surface area contributed by atoms with Gasteiger partial charge in [0.15, 0.2) is 6.10 Å². The van der Waals surface area contributed by atoms with Gasteiger partial charge in [0.25, 0.3) is 0 Å². The molecular weight excluding hydrogens is 242 g/mol. The highest BCUT2D eigenvalue weighted by Crippen LogP contribution is 2.20. The Labute approximate surface area is 102 Å². The molecule has 1 aliphatic heterocycles. The molecule has 1 fully saturated rings. The molecule has 17 heavy (non-hydrogen) atoms. The number of carbonyl (C=O) groups is 2. The zero-order chi connectivity index (χ0) is 12.3. The summed E-state index contributed by atoms with van der Waals surface area (Å²) in [5.41, 5.74) is 0. The molecule has 5 nitrogen and oxygen atoms in total. The average molecular weight is 255 g/mol. The maximum Gasteiger partial charge on any atom is 0.332 e. The molecule has 6 heteroatoms. The first-order chi connectivity index (χ1) is 8.16. The Bertz CT molecular complexity index is 404. The summed E-state index contributed by atoms with van der Waals surface area (Å²) in [5.74, 6) is -1.24. The molecule has 1 saturated heterocycles. The van der Waals surface area contributed by atoms with Crippen molar-refractivity contribution in [3.63, 3.8) is 0 Å². The van der Waals surface area contributed by atoms with Gasteiger partial charge in [0, 0.05) is 4.88 Å². The summed E-state index contributed by atoms with van der Waals surface area (Å²) in [6.07, 6.45) is -0.608. The lowest BCUT2D eigenvalue weighted by Crippen LogP contribution is -2.35. The molecule has 1 amide bonds. The monoisotopic (exact) mass is 255 g/mol. The van der Waals surface area contributed by atoms with E-state index in [1.54, 1.807) is 11.3 Å². The molecule has 0 aliphatic carbocycles. The van der Waals surface area contributed by atoms with E-state index in [2.05, 4.69) is 5.32 Å². The lowest BCUT2D eigenvalue weighted by atomic mass is 10.2. The number of rotatable bonds is 4. The van der Waals surface area contributed by atoms with Crippen LogP contribution in [0.15, 0.2) is 17.5 Å². The van der Waals surface area contributed by atoms with Crippen molar-refractivity contribution in [1.82, 2.24) is 5.32 Å². The fourth-order valence-corrected chi connectivity index (χ4v) is 2.36. The van der Waals surface area contributed by atoms with E-state index in [1.807, 2.05) is 17.5 Å². The molecule has 1 aromatic heterocycles. The fourth-order valence-electron chi connectivity index (χ4n) is 1.71. The van der Waals surface area contributed by atoms with E-state index in [0.717, 1.165) is 4.88 Å². The third kappa shape index (κ3) is 3.04. The van der Waals surface area contributed by atoms with Crippen LogP contribution in [0.2, 0.25) is 0 Å². The van der Waals surface area contributed by atoms with Crippen LogP contribution < -0.4 is 5.32 Å². The van der Waals surface area contributed by atoms with Crippen molar-refractivity contribution in [3.05, 3.63) is 22.4 Å². The number of carboxylic acid groups (broad SMARTS) is 1. The normalized spacial score (nSPS) is 23.5. The number of carbonyl (C=O) groups excluding carboxylic acids is 1. The van der Waals surface area contributed by atoms with Gasteiger partial charge in [-0.2, -0.15) is 0 Å². The number of hydrogen-bond acceptors (Lipinski definition) is 4. The average Bonchev–Trinajstić information content (AvgIpc) is 2.96. The van der Waals surface area contributed by atoms with Gasteiger partial charge in [-0.25, -0.2) is 4.79 Å². The zero-order valence-corrected chi connectivity index (χ0v) is 9.90. The van der Waals surface area contributed by atoms with Crippen molar-refractivity contribution in [2.24, 2.45) is 0 Å². The van der Waals surface area contributed by atoms with Crippen molar-refractivity contribution in [2.45, 2.75) is 31.6 Å². The van der Waals surface area contributed by atoms with Gasteiger partial charge in [0.2, 0.25) is 5.91 Å². The fraction of sp³-hybridized carbons (Fsp3) is 0.455. The zero-order valence-electron chi connectivity index (χ0n) is 9.09. The smallest absolute Gasteiger partial charge is 0.332 e. The van der Waals surface area contributed by atoms with Gasteiger partial charge >= 0.3 is 5.97 Å². The molecule has 0 aromatic carbocycles. The Morgan fingerprint density at radius 1 is 1.47 bits per heavy atom. The Kier molecular flexibility index (Phi) is 3.75. The molecule has 2 atom stereocenters. The second-order valence-corrected chi connectivity index (χ2v) is 4.86. The van der Waals surface area contributed by atoms with Crippen LogP contribution in [0.1, 0.15) is 17.7 Å². The van der Waals surface area contributed by atoms with Gasteiger partial charge < -0.3 is 15.2 Å². The Hall–Kier alpha value is -1.40. The minimum absolute atomic E-state index is 0.234. The van der Waals surface area contributed by atoms with Gasteiger partial charge in [-0.3, -0.25) is 4.79 Å². The summed E-state index contributed by atoms with van der Waals surface area (Å²) < 4.78 is 5.15. The van der Waals surface area contributed by atoms with Crippen LogP contribution in [0.25, 0.3) is 0 Å². The maximum absolute atomic E-state index is 11.7. The molecule has 92 valence electrons. The summed E-state index contributed by atoms with van der Waals surface area (Å²) in [7, 11) is 0. The van der Waals surface area contributed by atoms with Crippen molar-refractivity contribution in [2.75, 3.05) is 0 Å². The molecule has 2 rings (SSSR count). The lowest BCUT2D eigenvalue weighted by Gasteiger charge is -2.11. The molecule has 0 saturated carbocycles. The summed E-state index contributed by atoms with van der Waals surface area (Å²) >= 11 is 1.56. The highest BCUT2D eigenvalue weighted by Gasteiger charge is 2.34. The Balaban J connectivity index is 1.79. The number of hydrogen-bond donors (Lipinski definition) is 2. The molecule has 1 aromatic rings. The van der Waals surface area contributed by atoms with Crippen molar-refractivity contribution < 1.29 is 19.4 Å². The van der Waals surface area contributed by atoms with Crippen molar-refractivity contribution >= 4 is 23.2 Å². The van der Waals surface area contributed by atoms with Crippen LogP contribution in [0.5, 0.6) is 0 Å². The van der Waals surface area contributed by atoms with Gasteiger partial charge in [0.1, 0.15) is 6.10 Å². The van der Waals surface area contributed by atoms with E-state index in [0.29, 0.717) is 19.4 Å². The summed E-state index contributed by atoms with van der Waals surface area (Å²) in [4.78, 5) is 23.4. The summed E-state index contributed by atoms with van der Waals surface area (Å²) in [5, 5.41) is 13.4. The summed E-state index contributed by atoms with van der Waals surface area (Å²) in [6.45, 7) is 0.466. The molecular formula is C11H13NO4S. The first kappa shape index (κ1) is 12.1. The molecule has 0 spiro atoms. The molecule has 0 radical (unpaired) electrons. The van der Waals surface area contributed by atoms with E-state index in [1.165, 1.54) is 0 Å². The predicted octanol–water partition coefficient (Wildman–Crippen LogP) is 0.996. The Morgan fingerprint density at radius 3 is 2.82 bits per heavy atom. The van der Waals surface area contributed by atoms with E-state index in [9.17, 15) is 9.59 Å². The van der Waals surface area contributed by atoms with Crippen LogP contribution in [0.3, 0.4) is 0 Å². The SMILES string of the molecule is O=C(O)C1CCC(C(=O)NCc2cccs2)O1. The summed E-state index contributed by atoms with van der Waals surface area (Å²) in [6, 6.07) is 3.85. The minimum atomic E-state index is -1.00. The quantitative estimate of drug-likeness (QED) is 0.841. The molecule has 2 unspecified atom stereocenters. The standard InChI is InChI=1S/C11H13NO4S/c13-10(12-6-7-2-1-5-17-7)8-3-4-9(16-8)11(14)15/h1-2,5,8-9H,3-4,6H2,(H,12,13)(H,14,15). The number of nitrogens with one attached hydrogen (secondary N) is 1. The number of carboxylic acids is 1. The van der Waals surface area contributed by atoms with Crippen LogP contribution in [-0.4, -0.2) is 29.2 Å². The third-order valence-corrected chi connectivity index (χ3v) is 3.48. The molecule has 0 bridgehead atoms. The first-order valence-corrected chi connectivity index (χ1v) is 6.23. The number of ether oxygens (including phenoxy) is 1. The van der Waals surface area contributed by atoms with Crippen LogP contribution in [-0.2, 0) is 20.9 Å². The van der Waals surface area contributed by atoms with Gasteiger partial charge in [-0.15, -0.1) is 11.3 Å². The number of aliphatic carboxylic acids is 1. The van der Waals surface area contributed by atoms with E-state index >= 15 is 0 Å². The topological polar surface area (TPSA) is 75.6 Å². The van der Waals surface area contributed by atoms with Crippen molar-refractivity contribution in [1.29, 1.82) is 0 Å². The Morgan fingerprint density at radius 2 is 2.24 bits per heavy atom. The molecule has 1 aliphatic rings. The number of thiophene rings is 1. The van der Waals surface area contributed by atoms with E-state index in [-0.39, 0.29) is 5.91 Å². The maximum atomic E-state index is 11.7. The molecule has 2 heterocycles. The van der Waals surface area contributed by atoms with E-state index in [4.69, 9.17) is 9.84 Å². The highest BCUT2D eigenvalue weighted by atomic mass is 32.1. The van der Waals surface area contributed by atoms with Gasteiger partial charge in [-0.05, 0) is 24.3 Å². The second-order valence-electron chi connectivity index (χ2n) is 3.83. The largest absolute Gasteiger partial charge is 0.479 e. The predicted molar refractivity (Wildman–Crippen MR) is 61.7 cm³/mol. The lowest BCUT2D eigenvalue weighted by molar-refractivity contribution is -0.151. The third-order valence-electron chi connectivity index (χ3n) is 2.60. The highest BCUT2D eigenvalue weighted by molar-refractivity contribution is 7.09. The van der Waals surface area contributed by atoms with Crippen molar-refractivity contribution in [3.8, 4) is 0 Å². The van der Waals surface area contributed by atoms with E-state index < -0.39 is 18.2 Å². The number of amides is 1. The van der Waals surface area contributed by atoms with Crippen LogP contribution >= 0.6 is 11.3 Å². The van der Waals surface area contributed by atoms with Crippen LogP contribution in [0, 0.1) is 0 Å². The second kappa shape index (κ2) is 5.29.